The van der Waals surface area contributed by atoms with E-state index in [0.29, 0.717) is 6.61 Å². The van der Waals surface area contributed by atoms with Gasteiger partial charge in [0.05, 0.1) is 6.20 Å². The fourth-order valence-corrected chi connectivity index (χ4v) is 1.70. The van der Waals surface area contributed by atoms with Crippen molar-refractivity contribution in [3.05, 3.63) is 18.0 Å². The Hall–Kier alpha value is -0.870. The number of likely N-dealkylation sites (N-methyl/N-ethyl adjacent to an activating group) is 1. The van der Waals surface area contributed by atoms with Crippen molar-refractivity contribution in [2.24, 2.45) is 7.05 Å². The molecule has 0 unspecified atom stereocenters. The normalized spacial score (nSPS) is 11.2. The van der Waals surface area contributed by atoms with Gasteiger partial charge in [-0.2, -0.15) is 5.10 Å². The standard InChI is InChI=1S/C12H23N3O/c1-14(7-4-3-5-9-16)8-6-12-10-13-15(2)11-12/h10-11,16H,3-9H2,1-2H3. The van der Waals surface area contributed by atoms with Crippen LogP contribution in [-0.4, -0.2) is 46.5 Å². The van der Waals surface area contributed by atoms with E-state index in [0.717, 1.165) is 32.4 Å². The molecule has 1 aromatic heterocycles. The van der Waals surface area contributed by atoms with Gasteiger partial charge in [0.25, 0.3) is 0 Å². The molecule has 0 aliphatic rings. The summed E-state index contributed by atoms with van der Waals surface area (Å²) in [5.74, 6) is 0. The lowest BCUT2D eigenvalue weighted by Gasteiger charge is -2.15. The van der Waals surface area contributed by atoms with Crippen molar-refractivity contribution in [3.63, 3.8) is 0 Å². The average Bonchev–Trinajstić information content (AvgIpc) is 2.68. The molecule has 0 aliphatic carbocycles. The van der Waals surface area contributed by atoms with Gasteiger partial charge >= 0.3 is 0 Å². The summed E-state index contributed by atoms with van der Waals surface area (Å²) in [5.41, 5.74) is 1.30. The van der Waals surface area contributed by atoms with Gasteiger partial charge in [-0.1, -0.05) is 0 Å². The molecule has 0 bridgehead atoms. The van der Waals surface area contributed by atoms with Gasteiger partial charge in [-0.15, -0.1) is 0 Å². The first-order chi connectivity index (χ1) is 7.72. The third kappa shape index (κ3) is 5.28. The molecule has 1 aromatic rings. The molecule has 92 valence electrons. The Morgan fingerprint density at radius 3 is 2.75 bits per heavy atom. The van der Waals surface area contributed by atoms with E-state index in [4.69, 9.17) is 5.11 Å². The van der Waals surface area contributed by atoms with Crippen LogP contribution in [0.2, 0.25) is 0 Å². The van der Waals surface area contributed by atoms with Gasteiger partial charge < -0.3 is 10.0 Å². The Morgan fingerprint density at radius 1 is 1.31 bits per heavy atom. The van der Waals surface area contributed by atoms with E-state index in [2.05, 4.69) is 23.2 Å². The van der Waals surface area contributed by atoms with Crippen molar-refractivity contribution < 1.29 is 5.11 Å². The van der Waals surface area contributed by atoms with Crippen LogP contribution in [0.4, 0.5) is 0 Å². The van der Waals surface area contributed by atoms with Crippen molar-refractivity contribution in [1.29, 1.82) is 0 Å². The van der Waals surface area contributed by atoms with Gasteiger partial charge in [0.15, 0.2) is 0 Å². The smallest absolute Gasteiger partial charge is 0.0522 e. The summed E-state index contributed by atoms with van der Waals surface area (Å²) < 4.78 is 1.84. The van der Waals surface area contributed by atoms with Crippen molar-refractivity contribution in [2.45, 2.75) is 25.7 Å². The Balaban J connectivity index is 2.08. The summed E-state index contributed by atoms with van der Waals surface area (Å²) in [6.45, 7) is 2.50. The van der Waals surface area contributed by atoms with Crippen molar-refractivity contribution in [1.82, 2.24) is 14.7 Å². The number of aliphatic hydroxyl groups is 1. The molecule has 0 fully saturated rings. The van der Waals surface area contributed by atoms with Crippen molar-refractivity contribution >= 4 is 0 Å². The van der Waals surface area contributed by atoms with Crippen LogP contribution in [0.25, 0.3) is 0 Å². The van der Waals surface area contributed by atoms with E-state index in [-0.39, 0.29) is 0 Å². The van der Waals surface area contributed by atoms with Crippen LogP contribution >= 0.6 is 0 Å². The lowest BCUT2D eigenvalue weighted by molar-refractivity contribution is 0.273. The van der Waals surface area contributed by atoms with Crippen LogP contribution in [0.3, 0.4) is 0 Å². The molecule has 0 amide bonds. The highest BCUT2D eigenvalue weighted by molar-refractivity contribution is 5.03. The molecule has 0 radical (unpaired) electrons. The van der Waals surface area contributed by atoms with Crippen LogP contribution in [0.15, 0.2) is 12.4 Å². The van der Waals surface area contributed by atoms with Crippen molar-refractivity contribution in [3.8, 4) is 0 Å². The van der Waals surface area contributed by atoms with Crippen LogP contribution < -0.4 is 0 Å². The first kappa shape index (κ1) is 13.2. The molecule has 1 N–H and O–H groups in total. The summed E-state index contributed by atoms with van der Waals surface area (Å²) in [4.78, 5) is 2.34. The zero-order valence-corrected chi connectivity index (χ0v) is 10.4. The van der Waals surface area contributed by atoms with Gasteiger partial charge in [0, 0.05) is 26.4 Å². The summed E-state index contributed by atoms with van der Waals surface area (Å²) in [6, 6.07) is 0. The van der Waals surface area contributed by atoms with Crippen molar-refractivity contribution in [2.75, 3.05) is 26.7 Å². The van der Waals surface area contributed by atoms with Gasteiger partial charge in [-0.3, -0.25) is 4.68 Å². The van der Waals surface area contributed by atoms with Gasteiger partial charge in [-0.05, 0) is 44.8 Å². The van der Waals surface area contributed by atoms with E-state index in [9.17, 15) is 0 Å². The highest BCUT2D eigenvalue weighted by atomic mass is 16.2. The molecular weight excluding hydrogens is 202 g/mol. The third-order valence-corrected chi connectivity index (χ3v) is 2.74. The maximum absolute atomic E-state index is 8.66. The Morgan fingerprint density at radius 2 is 2.12 bits per heavy atom. The minimum absolute atomic E-state index is 0.319. The highest BCUT2D eigenvalue weighted by Gasteiger charge is 2.00. The summed E-state index contributed by atoms with van der Waals surface area (Å²) in [6.07, 6.45) is 8.28. The summed E-state index contributed by atoms with van der Waals surface area (Å²) >= 11 is 0. The summed E-state index contributed by atoms with van der Waals surface area (Å²) in [5, 5.41) is 12.8. The maximum atomic E-state index is 8.66. The Bertz CT molecular complexity index is 286. The molecule has 0 aromatic carbocycles. The molecule has 4 heteroatoms. The number of unbranched alkanes of at least 4 members (excludes halogenated alkanes) is 2. The SMILES string of the molecule is CN(CCCCCO)CCc1cnn(C)c1. The first-order valence-electron chi connectivity index (χ1n) is 5.99. The monoisotopic (exact) mass is 225 g/mol. The van der Waals surface area contributed by atoms with E-state index in [1.54, 1.807) is 0 Å². The first-order valence-corrected chi connectivity index (χ1v) is 5.99. The lowest BCUT2D eigenvalue weighted by Crippen LogP contribution is -2.22. The largest absolute Gasteiger partial charge is 0.396 e. The number of nitrogens with zero attached hydrogens (tertiary/aromatic N) is 3. The molecule has 1 heterocycles. The minimum Gasteiger partial charge on any atom is -0.396 e. The molecule has 0 saturated heterocycles. The minimum atomic E-state index is 0.319. The predicted octanol–water partition coefficient (Wildman–Crippen LogP) is 1.06. The zero-order valence-electron chi connectivity index (χ0n) is 10.4. The number of aliphatic hydroxyl groups excluding tert-OH is 1. The van der Waals surface area contributed by atoms with Gasteiger partial charge in [0.2, 0.25) is 0 Å². The fourth-order valence-electron chi connectivity index (χ4n) is 1.70. The molecular formula is C12H23N3O. The molecule has 0 spiro atoms. The van der Waals surface area contributed by atoms with Gasteiger partial charge in [-0.25, -0.2) is 0 Å². The molecule has 0 atom stereocenters. The van der Waals surface area contributed by atoms with E-state index >= 15 is 0 Å². The second-order valence-corrected chi connectivity index (χ2v) is 4.36. The third-order valence-electron chi connectivity index (χ3n) is 2.74. The second kappa shape index (κ2) is 7.41. The lowest BCUT2D eigenvalue weighted by atomic mass is 10.2. The molecule has 16 heavy (non-hydrogen) atoms. The van der Waals surface area contributed by atoms with E-state index in [1.807, 2.05) is 17.9 Å². The number of aryl methyl sites for hydroxylation is 1. The zero-order chi connectivity index (χ0) is 11.8. The number of hydrogen-bond acceptors (Lipinski definition) is 3. The Labute approximate surface area is 97.9 Å². The van der Waals surface area contributed by atoms with E-state index in [1.165, 1.54) is 12.0 Å². The molecule has 0 saturated carbocycles. The van der Waals surface area contributed by atoms with Gasteiger partial charge in [0.1, 0.15) is 0 Å². The molecule has 1 rings (SSSR count). The van der Waals surface area contributed by atoms with E-state index < -0.39 is 0 Å². The quantitative estimate of drug-likeness (QED) is 0.673. The highest BCUT2D eigenvalue weighted by Crippen LogP contribution is 2.01. The number of rotatable bonds is 8. The number of hydrogen-bond donors (Lipinski definition) is 1. The average molecular weight is 225 g/mol. The number of aromatic nitrogens is 2. The van der Waals surface area contributed by atoms with Crippen LogP contribution in [0.1, 0.15) is 24.8 Å². The van der Waals surface area contributed by atoms with Crippen LogP contribution in [-0.2, 0) is 13.5 Å². The maximum Gasteiger partial charge on any atom is 0.0522 e. The van der Waals surface area contributed by atoms with Crippen LogP contribution in [0, 0.1) is 0 Å². The predicted molar refractivity (Wildman–Crippen MR) is 65.3 cm³/mol. The van der Waals surface area contributed by atoms with Crippen LogP contribution in [0.5, 0.6) is 0 Å². The Kier molecular flexibility index (Phi) is 6.11. The molecule has 4 nitrogen and oxygen atoms in total. The fraction of sp³-hybridized carbons (Fsp3) is 0.750. The molecule has 0 aliphatic heterocycles. The second-order valence-electron chi connectivity index (χ2n) is 4.36. The summed E-state index contributed by atoms with van der Waals surface area (Å²) in [7, 11) is 4.09. The topological polar surface area (TPSA) is 41.3 Å².